The highest BCUT2D eigenvalue weighted by Crippen LogP contribution is 2.53. The summed E-state index contributed by atoms with van der Waals surface area (Å²) < 4.78 is 32.1. The van der Waals surface area contributed by atoms with Crippen LogP contribution in [0.1, 0.15) is 72.1 Å². The molecule has 5 aliphatic heterocycles. The van der Waals surface area contributed by atoms with Crippen molar-refractivity contribution in [1.29, 1.82) is 0 Å². The number of aliphatic carboxylic acids is 1. The van der Waals surface area contributed by atoms with E-state index in [4.69, 9.17) is 28.8 Å². The number of allylic oxidation sites excluding steroid dienone is 1. The number of fused-ring (bicyclic) bond motifs is 1. The molecule has 10 nitrogen and oxygen atoms in total. The standard InChI is InChI=1S/C31H46O10/c1-18-14-21(4)31(36,40-27(18)19(2)17-32)28(35)25-16-24-23(37-25)15-20(3)30(39-24)13-12-29(41-30)11-7-9-22(38-29)8-5-6-10-26(33)34/h5,7-9,18,20-25,27-28,32,35-36H,2,6,10-17H2,1,3-4H3,(H,33,34)/b8-5+/t18-,20-,21+,22-,23-,24-,25+,27-,28-,29+,30-,31+/m0/s1. The van der Waals surface area contributed by atoms with Gasteiger partial charge in [-0.05, 0) is 30.8 Å². The lowest BCUT2D eigenvalue weighted by atomic mass is 9.78. The molecule has 0 aromatic heterocycles. The maximum absolute atomic E-state index is 11.6. The minimum Gasteiger partial charge on any atom is -0.481 e. The molecule has 4 saturated heterocycles. The molecule has 0 saturated carbocycles. The van der Waals surface area contributed by atoms with Gasteiger partial charge in [0.25, 0.3) is 0 Å². The predicted molar refractivity (Wildman–Crippen MR) is 147 cm³/mol. The Kier molecular flexibility index (Phi) is 8.87. The van der Waals surface area contributed by atoms with Gasteiger partial charge >= 0.3 is 5.97 Å². The average Bonchev–Trinajstić information content (AvgIpc) is 3.49. The van der Waals surface area contributed by atoms with Gasteiger partial charge in [0.2, 0.25) is 0 Å². The van der Waals surface area contributed by atoms with Crippen molar-refractivity contribution >= 4 is 5.97 Å². The summed E-state index contributed by atoms with van der Waals surface area (Å²) in [4.78, 5) is 10.8. The topological polar surface area (TPSA) is 144 Å². The zero-order valence-electron chi connectivity index (χ0n) is 24.3. The van der Waals surface area contributed by atoms with Gasteiger partial charge in [-0.25, -0.2) is 0 Å². The summed E-state index contributed by atoms with van der Waals surface area (Å²) in [5.41, 5.74) is 0.472. The van der Waals surface area contributed by atoms with Crippen molar-refractivity contribution in [3.05, 3.63) is 36.5 Å². The van der Waals surface area contributed by atoms with Crippen molar-refractivity contribution in [3.8, 4) is 0 Å². The van der Waals surface area contributed by atoms with E-state index in [0.717, 1.165) is 0 Å². The maximum atomic E-state index is 11.6. The number of hydrogen-bond acceptors (Lipinski definition) is 9. The van der Waals surface area contributed by atoms with Gasteiger partial charge in [-0.3, -0.25) is 4.79 Å². The molecule has 41 heavy (non-hydrogen) atoms. The van der Waals surface area contributed by atoms with Crippen LogP contribution in [0.4, 0.5) is 0 Å². The number of aliphatic hydroxyl groups excluding tert-OH is 2. The fraction of sp³-hybridized carbons (Fsp3) is 0.774. The normalized spacial score (nSPS) is 46.8. The van der Waals surface area contributed by atoms with Gasteiger partial charge in [-0.15, -0.1) is 0 Å². The molecule has 10 heteroatoms. The first-order chi connectivity index (χ1) is 19.4. The highest BCUT2D eigenvalue weighted by Gasteiger charge is 2.62. The molecule has 0 bridgehead atoms. The summed E-state index contributed by atoms with van der Waals surface area (Å²) in [6.07, 6.45) is 8.31. The number of hydrogen-bond donors (Lipinski definition) is 4. The Morgan fingerprint density at radius 2 is 1.88 bits per heavy atom. The van der Waals surface area contributed by atoms with E-state index < -0.39 is 41.6 Å². The van der Waals surface area contributed by atoms with Crippen LogP contribution in [0.15, 0.2) is 36.5 Å². The van der Waals surface area contributed by atoms with E-state index in [1.807, 2.05) is 38.2 Å². The Morgan fingerprint density at radius 1 is 1.10 bits per heavy atom. The van der Waals surface area contributed by atoms with Crippen LogP contribution in [0.5, 0.6) is 0 Å². The van der Waals surface area contributed by atoms with E-state index in [-0.39, 0.29) is 49.1 Å². The molecule has 0 unspecified atom stereocenters. The minimum atomic E-state index is -1.85. The summed E-state index contributed by atoms with van der Waals surface area (Å²) in [5, 5.41) is 41.5. The molecule has 0 aliphatic carbocycles. The molecule has 5 rings (SSSR count). The molecule has 0 aromatic rings. The summed E-state index contributed by atoms with van der Waals surface area (Å²) in [5.74, 6) is -4.66. The average molecular weight is 579 g/mol. The van der Waals surface area contributed by atoms with E-state index >= 15 is 0 Å². The first-order valence-corrected chi connectivity index (χ1v) is 15.0. The number of carboxylic acid groups (broad SMARTS) is 1. The number of aliphatic hydroxyl groups is 3. The third kappa shape index (κ3) is 5.95. The first-order valence-electron chi connectivity index (χ1n) is 15.0. The molecule has 4 fully saturated rings. The number of carboxylic acids is 1. The molecular weight excluding hydrogens is 532 g/mol. The SMILES string of the molecule is C=C(CO)[C@H]1O[C@@](O)([C@@H](O)[C@H]2C[C@@H]3O[C@]4(CC[C@@]5(CC=C[C@H](/C=C/CCC(=O)O)O5)O4)[C@@H](C)C[C@@H]3O2)[C@H](C)C[C@@H]1C. The van der Waals surface area contributed by atoms with E-state index in [9.17, 15) is 20.1 Å². The van der Waals surface area contributed by atoms with Crippen molar-refractivity contribution in [2.24, 2.45) is 17.8 Å². The molecule has 4 N–H and O–H groups in total. The quantitative estimate of drug-likeness (QED) is 0.317. The van der Waals surface area contributed by atoms with Gasteiger partial charge in [-0.1, -0.05) is 51.7 Å². The molecule has 5 aliphatic rings. The van der Waals surface area contributed by atoms with Crippen molar-refractivity contribution in [2.45, 2.75) is 126 Å². The monoisotopic (exact) mass is 578 g/mol. The Labute approximate surface area is 241 Å². The van der Waals surface area contributed by atoms with Crippen LogP contribution >= 0.6 is 0 Å². The second-order valence-corrected chi connectivity index (χ2v) is 12.8. The Bertz CT molecular complexity index is 1040. The van der Waals surface area contributed by atoms with E-state index in [0.29, 0.717) is 50.5 Å². The summed E-state index contributed by atoms with van der Waals surface area (Å²) in [6.45, 7) is 9.56. The minimum absolute atomic E-state index is 0.00383. The summed E-state index contributed by atoms with van der Waals surface area (Å²) >= 11 is 0. The smallest absolute Gasteiger partial charge is 0.303 e. The zero-order valence-corrected chi connectivity index (χ0v) is 24.3. The van der Waals surface area contributed by atoms with Gasteiger partial charge in [0.1, 0.15) is 6.10 Å². The lowest BCUT2D eigenvalue weighted by Gasteiger charge is -2.48. The van der Waals surface area contributed by atoms with Crippen LogP contribution < -0.4 is 0 Å². The van der Waals surface area contributed by atoms with E-state index in [2.05, 4.69) is 13.5 Å². The van der Waals surface area contributed by atoms with Gasteiger partial charge in [0, 0.05) is 43.9 Å². The number of rotatable bonds is 8. The second kappa shape index (κ2) is 11.8. The van der Waals surface area contributed by atoms with Gasteiger partial charge in [0.15, 0.2) is 17.4 Å². The molecule has 230 valence electrons. The first kappa shape index (κ1) is 30.8. The van der Waals surface area contributed by atoms with Crippen molar-refractivity contribution in [3.63, 3.8) is 0 Å². The predicted octanol–water partition coefficient (Wildman–Crippen LogP) is 3.20. The Balaban J connectivity index is 1.23. The van der Waals surface area contributed by atoms with Crippen LogP contribution in [-0.2, 0) is 28.5 Å². The molecule has 2 spiro atoms. The van der Waals surface area contributed by atoms with Gasteiger partial charge in [-0.2, -0.15) is 0 Å². The van der Waals surface area contributed by atoms with Crippen LogP contribution in [0.2, 0.25) is 0 Å². The molecule has 5 heterocycles. The maximum Gasteiger partial charge on any atom is 0.303 e. The zero-order chi connectivity index (χ0) is 29.6. The number of ether oxygens (including phenoxy) is 5. The van der Waals surface area contributed by atoms with Crippen molar-refractivity contribution in [2.75, 3.05) is 6.61 Å². The second-order valence-electron chi connectivity index (χ2n) is 12.8. The Hall–Kier alpha value is -1.63. The van der Waals surface area contributed by atoms with Crippen molar-refractivity contribution < 1.29 is 48.9 Å². The van der Waals surface area contributed by atoms with E-state index in [1.165, 1.54) is 0 Å². The highest BCUT2D eigenvalue weighted by atomic mass is 16.8. The van der Waals surface area contributed by atoms with Crippen LogP contribution in [0.3, 0.4) is 0 Å². The summed E-state index contributed by atoms with van der Waals surface area (Å²) in [6, 6.07) is 0. The largest absolute Gasteiger partial charge is 0.481 e. The van der Waals surface area contributed by atoms with Gasteiger partial charge < -0.3 is 44.1 Å². The Morgan fingerprint density at radius 3 is 2.61 bits per heavy atom. The molecule has 0 radical (unpaired) electrons. The fourth-order valence-corrected chi connectivity index (χ4v) is 7.37. The lowest BCUT2D eigenvalue weighted by molar-refractivity contribution is -0.366. The molecule has 0 amide bonds. The van der Waals surface area contributed by atoms with Crippen LogP contribution in [0.25, 0.3) is 0 Å². The van der Waals surface area contributed by atoms with E-state index in [1.54, 1.807) is 0 Å². The number of carbonyl (C=O) groups is 1. The third-order valence-corrected chi connectivity index (χ3v) is 9.73. The molecule has 0 aromatic carbocycles. The summed E-state index contributed by atoms with van der Waals surface area (Å²) in [7, 11) is 0. The van der Waals surface area contributed by atoms with Crippen molar-refractivity contribution in [1.82, 2.24) is 0 Å². The lowest BCUT2D eigenvalue weighted by Crippen LogP contribution is -2.60. The molecular formula is C31H46O10. The van der Waals surface area contributed by atoms with Gasteiger partial charge in [0.05, 0.1) is 37.1 Å². The van der Waals surface area contributed by atoms with Crippen LogP contribution in [0, 0.1) is 17.8 Å². The fourth-order valence-electron chi connectivity index (χ4n) is 7.37. The third-order valence-electron chi connectivity index (χ3n) is 9.73. The highest BCUT2D eigenvalue weighted by molar-refractivity contribution is 5.66. The van der Waals surface area contributed by atoms with Crippen LogP contribution in [-0.4, -0.2) is 87.0 Å². The molecule has 12 atom stereocenters.